The van der Waals surface area contributed by atoms with Gasteiger partial charge in [0.25, 0.3) is 11.8 Å². The Balaban J connectivity index is 1.25. The Morgan fingerprint density at radius 1 is 1.16 bits per heavy atom. The average molecular weight is 499 g/mol. The van der Waals surface area contributed by atoms with Crippen molar-refractivity contribution < 1.29 is 14.0 Å². The van der Waals surface area contributed by atoms with Gasteiger partial charge in [0.15, 0.2) is 5.65 Å². The Morgan fingerprint density at radius 3 is 2.81 bits per heavy atom. The molecule has 1 unspecified atom stereocenters. The molecule has 0 bridgehead atoms. The highest BCUT2D eigenvalue weighted by molar-refractivity contribution is 5.99. The molecule has 2 aliphatic rings. The molecule has 1 fully saturated rings. The number of nitrogens with one attached hydrogen (secondary N) is 2. The van der Waals surface area contributed by atoms with Crippen LogP contribution in [-0.4, -0.2) is 64.2 Å². The van der Waals surface area contributed by atoms with Crippen LogP contribution < -0.4 is 10.6 Å². The molecule has 0 aliphatic carbocycles. The molecule has 2 aliphatic heterocycles. The summed E-state index contributed by atoms with van der Waals surface area (Å²) in [6, 6.07) is 14.6. The molecule has 6 rings (SSSR count). The highest BCUT2D eigenvalue weighted by Gasteiger charge is 2.29. The van der Waals surface area contributed by atoms with Crippen LogP contribution in [-0.2, 0) is 6.54 Å². The van der Waals surface area contributed by atoms with E-state index in [1.165, 1.54) is 6.07 Å². The van der Waals surface area contributed by atoms with E-state index in [2.05, 4.69) is 20.5 Å². The number of aromatic nitrogens is 2. The van der Waals surface area contributed by atoms with Gasteiger partial charge in [-0.15, -0.1) is 0 Å². The Bertz CT molecular complexity index is 1550. The van der Waals surface area contributed by atoms with Gasteiger partial charge in [-0.25, -0.2) is 9.37 Å². The van der Waals surface area contributed by atoms with Crippen molar-refractivity contribution in [2.75, 3.05) is 32.5 Å². The normalized spacial score (nSPS) is 16.9. The Kier molecular flexibility index (Phi) is 5.64. The largest absolute Gasteiger partial charge is 0.352 e. The molecule has 2 aromatic carbocycles. The van der Waals surface area contributed by atoms with Crippen molar-refractivity contribution in [2.45, 2.75) is 19.0 Å². The fourth-order valence-corrected chi connectivity index (χ4v) is 5.18. The number of carbonyl (C=O) groups excluding carboxylic acids is 2. The molecule has 9 heteroatoms. The van der Waals surface area contributed by atoms with Gasteiger partial charge in [0, 0.05) is 49.3 Å². The lowest BCUT2D eigenvalue weighted by Crippen LogP contribution is -2.34. The van der Waals surface area contributed by atoms with Gasteiger partial charge in [0.05, 0.1) is 16.9 Å². The highest BCUT2D eigenvalue weighted by Crippen LogP contribution is 2.30. The summed E-state index contributed by atoms with van der Waals surface area (Å²) in [5, 5.41) is 6.09. The minimum Gasteiger partial charge on any atom is -0.352 e. The van der Waals surface area contributed by atoms with Crippen LogP contribution in [0.25, 0.3) is 16.9 Å². The predicted molar refractivity (Wildman–Crippen MR) is 139 cm³/mol. The zero-order chi connectivity index (χ0) is 25.7. The van der Waals surface area contributed by atoms with E-state index in [1.54, 1.807) is 23.2 Å². The van der Waals surface area contributed by atoms with Gasteiger partial charge in [0.2, 0.25) is 0 Å². The van der Waals surface area contributed by atoms with E-state index in [4.69, 9.17) is 0 Å². The van der Waals surface area contributed by atoms with E-state index < -0.39 is 5.82 Å². The molecule has 188 valence electrons. The molecule has 4 heterocycles. The summed E-state index contributed by atoms with van der Waals surface area (Å²) in [4.78, 5) is 33.1. The summed E-state index contributed by atoms with van der Waals surface area (Å²) in [5.74, 6) is -0.882. The summed E-state index contributed by atoms with van der Waals surface area (Å²) in [6.07, 6.45) is 4.46. The van der Waals surface area contributed by atoms with E-state index in [-0.39, 0.29) is 17.4 Å². The summed E-state index contributed by atoms with van der Waals surface area (Å²) in [7, 11) is 3.99. The summed E-state index contributed by atoms with van der Waals surface area (Å²) in [5.41, 5.74) is 5.56. The second-order valence-electron chi connectivity index (χ2n) is 9.78. The number of nitrogens with zero attached hydrogens (tertiary/aromatic N) is 4. The van der Waals surface area contributed by atoms with Gasteiger partial charge in [-0.05, 0) is 74.1 Å². The van der Waals surface area contributed by atoms with Crippen molar-refractivity contribution in [2.24, 2.45) is 0 Å². The molecule has 37 heavy (non-hydrogen) atoms. The first-order valence-corrected chi connectivity index (χ1v) is 12.3. The van der Waals surface area contributed by atoms with Crippen molar-refractivity contribution in [3.05, 3.63) is 83.4 Å². The van der Waals surface area contributed by atoms with Gasteiger partial charge in [0.1, 0.15) is 5.82 Å². The van der Waals surface area contributed by atoms with Gasteiger partial charge >= 0.3 is 0 Å². The highest BCUT2D eigenvalue weighted by atomic mass is 19.1. The van der Waals surface area contributed by atoms with Crippen LogP contribution >= 0.6 is 0 Å². The van der Waals surface area contributed by atoms with E-state index >= 15 is 4.39 Å². The van der Waals surface area contributed by atoms with E-state index in [0.29, 0.717) is 48.3 Å². The Morgan fingerprint density at radius 2 is 2.03 bits per heavy atom. The predicted octanol–water partition coefficient (Wildman–Crippen LogP) is 3.90. The van der Waals surface area contributed by atoms with E-state index in [0.717, 1.165) is 23.2 Å². The monoisotopic (exact) mass is 498 g/mol. The van der Waals surface area contributed by atoms with Crippen molar-refractivity contribution in [1.29, 1.82) is 0 Å². The number of amides is 2. The second-order valence-corrected chi connectivity index (χ2v) is 9.78. The third-order valence-corrected chi connectivity index (χ3v) is 7.29. The first kappa shape index (κ1) is 23.2. The molecular weight excluding hydrogens is 471 g/mol. The standard InChI is InChI=1S/C28H27FN6O2/c1-33(2)20-9-11-34(16-20)28(37)22-6-4-19(14-23(22)29)32-24-7-8-25(35-12-10-30-26(24)35)17-3-5-21-18(13-17)15-31-27(21)36/h3-8,10,12-14,20,32H,9,11,15-16H2,1-2H3,(H,31,36). The maximum Gasteiger partial charge on any atom is 0.256 e. The van der Waals surface area contributed by atoms with E-state index in [1.807, 2.05) is 55.0 Å². The van der Waals surface area contributed by atoms with E-state index in [9.17, 15) is 9.59 Å². The second kappa shape index (κ2) is 9.01. The molecule has 4 aromatic rings. The maximum atomic E-state index is 15.0. The molecule has 0 saturated carbocycles. The van der Waals surface area contributed by atoms with Gasteiger partial charge in [-0.3, -0.25) is 14.0 Å². The molecule has 1 saturated heterocycles. The number of anilines is 2. The number of benzene rings is 2. The van der Waals surface area contributed by atoms with Crippen LogP contribution in [0.2, 0.25) is 0 Å². The van der Waals surface area contributed by atoms with Crippen molar-refractivity contribution in [1.82, 2.24) is 24.5 Å². The topological polar surface area (TPSA) is 82.0 Å². The number of hydrogen-bond acceptors (Lipinski definition) is 5. The molecule has 2 amide bonds. The van der Waals surface area contributed by atoms with Gasteiger partial charge < -0.3 is 20.4 Å². The number of carbonyl (C=O) groups is 2. The molecule has 0 spiro atoms. The number of likely N-dealkylation sites (tertiary alicyclic amines) is 1. The number of hydrogen-bond donors (Lipinski definition) is 2. The molecule has 8 nitrogen and oxygen atoms in total. The van der Waals surface area contributed by atoms with Crippen molar-refractivity contribution in [3.8, 4) is 11.3 Å². The van der Waals surface area contributed by atoms with Crippen LogP contribution in [0.5, 0.6) is 0 Å². The molecule has 2 aromatic heterocycles. The summed E-state index contributed by atoms with van der Waals surface area (Å²) < 4.78 is 17.0. The lowest BCUT2D eigenvalue weighted by molar-refractivity contribution is 0.0778. The number of imidazole rings is 1. The van der Waals surface area contributed by atoms with Crippen molar-refractivity contribution in [3.63, 3.8) is 0 Å². The van der Waals surface area contributed by atoms with Crippen LogP contribution in [0.1, 0.15) is 32.7 Å². The third-order valence-electron chi connectivity index (χ3n) is 7.29. The van der Waals surface area contributed by atoms with Gasteiger partial charge in [-0.1, -0.05) is 6.07 Å². The number of likely N-dealkylation sites (N-methyl/N-ethyl adjacent to an activating group) is 1. The van der Waals surface area contributed by atoms with Crippen molar-refractivity contribution >= 4 is 28.8 Å². The Labute approximate surface area is 213 Å². The first-order valence-electron chi connectivity index (χ1n) is 12.3. The lowest BCUT2D eigenvalue weighted by atomic mass is 10.0. The summed E-state index contributed by atoms with van der Waals surface area (Å²) in [6.45, 7) is 1.75. The zero-order valence-corrected chi connectivity index (χ0v) is 20.7. The fraction of sp³-hybridized carbons (Fsp3) is 0.250. The smallest absolute Gasteiger partial charge is 0.256 e. The van der Waals surface area contributed by atoms with Gasteiger partial charge in [-0.2, -0.15) is 0 Å². The average Bonchev–Trinajstić information content (AvgIpc) is 3.64. The number of fused-ring (bicyclic) bond motifs is 2. The lowest BCUT2D eigenvalue weighted by Gasteiger charge is -2.20. The molecular formula is C28H27FN6O2. The van der Waals surface area contributed by atoms with Crippen LogP contribution in [0, 0.1) is 5.82 Å². The fourth-order valence-electron chi connectivity index (χ4n) is 5.18. The SMILES string of the molecule is CN(C)C1CCN(C(=O)c2ccc(Nc3ccc(-c4ccc5c(c4)CNC5=O)n4ccnc34)cc2F)C1. The first-order chi connectivity index (χ1) is 17.9. The zero-order valence-electron chi connectivity index (χ0n) is 20.7. The third kappa shape index (κ3) is 4.11. The molecule has 0 radical (unpaired) electrons. The minimum absolute atomic E-state index is 0.0491. The molecule has 2 N–H and O–H groups in total. The van der Waals surface area contributed by atoms with Crippen LogP contribution in [0.15, 0.2) is 60.9 Å². The quantitative estimate of drug-likeness (QED) is 0.436. The Hall–Kier alpha value is -4.24. The van der Waals surface area contributed by atoms with Crippen LogP contribution in [0.4, 0.5) is 15.8 Å². The number of pyridine rings is 1. The number of rotatable bonds is 5. The number of halogens is 1. The minimum atomic E-state index is -0.555. The molecule has 1 atom stereocenters. The maximum absolute atomic E-state index is 15.0. The summed E-state index contributed by atoms with van der Waals surface area (Å²) >= 11 is 0. The van der Waals surface area contributed by atoms with Crippen LogP contribution in [0.3, 0.4) is 0 Å².